The maximum atomic E-state index is 13.3. The molecule has 2 aromatic carbocycles. The fourth-order valence-electron chi connectivity index (χ4n) is 3.70. The van der Waals surface area contributed by atoms with Crippen LogP contribution in [-0.4, -0.2) is 58.6 Å². The molecule has 9 heteroatoms. The topological polar surface area (TPSA) is 94.2 Å². The number of carbonyl (C=O) groups is 1. The minimum absolute atomic E-state index is 0.00836. The van der Waals surface area contributed by atoms with Crippen molar-refractivity contribution in [2.45, 2.75) is 37.1 Å². The van der Waals surface area contributed by atoms with Crippen LogP contribution in [0, 0.1) is 0 Å². The Kier molecular flexibility index (Phi) is 7.98. The fraction of sp³-hybridized carbons (Fsp3) is 0.435. The van der Waals surface area contributed by atoms with E-state index in [9.17, 15) is 13.2 Å². The third-order valence-electron chi connectivity index (χ3n) is 5.45. The molecule has 1 unspecified atom stereocenters. The molecule has 0 bridgehead atoms. The molecule has 0 radical (unpaired) electrons. The number of hydrogen-bond donors (Lipinski definition) is 1. The van der Waals surface area contributed by atoms with E-state index in [0.29, 0.717) is 18.0 Å². The van der Waals surface area contributed by atoms with Gasteiger partial charge in [0, 0.05) is 24.2 Å². The van der Waals surface area contributed by atoms with Crippen LogP contribution in [-0.2, 0) is 10.0 Å². The molecule has 0 aromatic heterocycles. The molecule has 1 aliphatic rings. The number of hydrogen-bond acceptors (Lipinski definition) is 6. The molecule has 1 heterocycles. The quantitative estimate of drug-likeness (QED) is 0.576. The van der Waals surface area contributed by atoms with E-state index < -0.39 is 10.0 Å². The first-order valence-electron chi connectivity index (χ1n) is 10.6. The lowest BCUT2D eigenvalue weighted by molar-refractivity contribution is 0.0946. The van der Waals surface area contributed by atoms with Crippen LogP contribution in [0.5, 0.6) is 17.2 Å². The zero-order chi connectivity index (χ0) is 23.1. The van der Waals surface area contributed by atoms with Crippen LogP contribution in [0.3, 0.4) is 0 Å². The number of rotatable bonds is 9. The van der Waals surface area contributed by atoms with Crippen LogP contribution in [0.15, 0.2) is 47.4 Å². The van der Waals surface area contributed by atoms with E-state index >= 15 is 0 Å². The molecule has 1 saturated heterocycles. The molecule has 1 amide bonds. The normalized spacial score (nSPS) is 16.9. The molecule has 32 heavy (non-hydrogen) atoms. The first-order chi connectivity index (χ1) is 15.4. The Labute approximate surface area is 189 Å². The molecular weight excluding hydrogens is 432 g/mol. The lowest BCUT2D eigenvalue weighted by Crippen LogP contribution is -2.42. The van der Waals surface area contributed by atoms with Gasteiger partial charge in [-0.25, -0.2) is 8.42 Å². The highest BCUT2D eigenvalue weighted by atomic mass is 32.2. The minimum Gasteiger partial charge on any atom is -0.497 e. The van der Waals surface area contributed by atoms with Gasteiger partial charge < -0.3 is 19.5 Å². The zero-order valence-corrected chi connectivity index (χ0v) is 19.5. The molecule has 0 spiro atoms. The molecule has 1 atom stereocenters. The Morgan fingerprint density at radius 1 is 1.09 bits per heavy atom. The molecule has 1 aliphatic heterocycles. The van der Waals surface area contributed by atoms with Crippen LogP contribution in [0.1, 0.15) is 36.5 Å². The van der Waals surface area contributed by atoms with Gasteiger partial charge in [0.25, 0.3) is 5.91 Å². The largest absolute Gasteiger partial charge is 0.497 e. The van der Waals surface area contributed by atoms with Crippen LogP contribution < -0.4 is 19.5 Å². The maximum Gasteiger partial charge on any atom is 0.251 e. The Bertz CT molecular complexity index is 1040. The molecule has 8 nitrogen and oxygen atoms in total. The van der Waals surface area contributed by atoms with Gasteiger partial charge >= 0.3 is 0 Å². The van der Waals surface area contributed by atoms with Gasteiger partial charge in [-0.3, -0.25) is 4.79 Å². The number of ether oxygens (including phenoxy) is 3. The van der Waals surface area contributed by atoms with E-state index in [-0.39, 0.29) is 41.3 Å². The summed E-state index contributed by atoms with van der Waals surface area (Å²) in [5.74, 6) is 1.15. The highest BCUT2D eigenvalue weighted by Gasteiger charge is 2.33. The van der Waals surface area contributed by atoms with Gasteiger partial charge in [-0.05, 0) is 50.1 Å². The molecular formula is C23H30N2O6S. The van der Waals surface area contributed by atoms with Crippen molar-refractivity contribution in [3.05, 3.63) is 48.0 Å². The molecule has 1 N–H and O–H groups in total. The summed E-state index contributed by atoms with van der Waals surface area (Å²) in [4.78, 5) is 12.6. The molecule has 0 aliphatic carbocycles. The lowest BCUT2D eigenvalue weighted by Gasteiger charge is -2.32. The van der Waals surface area contributed by atoms with Crippen molar-refractivity contribution in [3.63, 3.8) is 0 Å². The maximum absolute atomic E-state index is 13.3. The average Bonchev–Trinajstić information content (AvgIpc) is 2.81. The highest BCUT2D eigenvalue weighted by molar-refractivity contribution is 7.89. The van der Waals surface area contributed by atoms with E-state index in [0.717, 1.165) is 19.3 Å². The van der Waals surface area contributed by atoms with Crippen molar-refractivity contribution in [3.8, 4) is 17.2 Å². The number of piperidine rings is 1. The number of methoxy groups -OCH3 is 2. The smallest absolute Gasteiger partial charge is 0.251 e. The van der Waals surface area contributed by atoms with E-state index in [1.807, 2.05) is 19.1 Å². The number of nitrogens with one attached hydrogen (secondary N) is 1. The number of carbonyl (C=O) groups excluding carboxylic acids is 1. The summed E-state index contributed by atoms with van der Waals surface area (Å²) in [7, 11) is -0.788. The predicted octanol–water partition coefficient (Wildman–Crippen LogP) is 3.08. The Hall–Kier alpha value is -2.78. The summed E-state index contributed by atoms with van der Waals surface area (Å²) in [5, 5.41) is 2.76. The predicted molar refractivity (Wildman–Crippen MR) is 121 cm³/mol. The highest BCUT2D eigenvalue weighted by Crippen LogP contribution is 2.31. The summed E-state index contributed by atoms with van der Waals surface area (Å²) in [5.41, 5.74) is 0.246. The van der Waals surface area contributed by atoms with E-state index in [1.54, 1.807) is 25.3 Å². The molecule has 3 rings (SSSR count). The number of benzene rings is 2. The second-order valence-electron chi connectivity index (χ2n) is 7.61. The molecule has 174 valence electrons. The molecule has 1 fully saturated rings. The third kappa shape index (κ3) is 5.52. The van der Waals surface area contributed by atoms with Gasteiger partial charge in [0.05, 0.1) is 20.8 Å². The van der Waals surface area contributed by atoms with Crippen molar-refractivity contribution in [1.82, 2.24) is 9.62 Å². The lowest BCUT2D eigenvalue weighted by atomic mass is 10.1. The average molecular weight is 463 g/mol. The summed E-state index contributed by atoms with van der Waals surface area (Å²) in [6, 6.07) is 11.5. The van der Waals surface area contributed by atoms with Crippen LogP contribution in [0.4, 0.5) is 0 Å². The Morgan fingerprint density at radius 3 is 2.59 bits per heavy atom. The van der Waals surface area contributed by atoms with E-state index in [2.05, 4.69) is 5.32 Å². The van der Waals surface area contributed by atoms with Gasteiger partial charge in [0.2, 0.25) is 10.0 Å². The molecule has 2 aromatic rings. The van der Waals surface area contributed by atoms with Gasteiger partial charge in [-0.2, -0.15) is 4.31 Å². The van der Waals surface area contributed by atoms with Gasteiger partial charge in [0.15, 0.2) is 0 Å². The standard InChI is InChI=1S/C23H30N2O6S/c1-17-7-4-5-13-25(17)32(27,28)22-15-18(10-11-21(22)30-3)23(26)24-12-14-31-20-9-6-8-19(16-20)29-2/h6,8-11,15-17H,4-5,7,12-14H2,1-3H3,(H,24,26). The van der Waals surface area contributed by atoms with Crippen molar-refractivity contribution in [2.75, 3.05) is 33.9 Å². The van der Waals surface area contributed by atoms with Gasteiger partial charge in [-0.15, -0.1) is 0 Å². The van der Waals surface area contributed by atoms with Crippen molar-refractivity contribution < 1.29 is 27.4 Å². The summed E-state index contributed by atoms with van der Waals surface area (Å²) in [6.45, 7) is 2.88. The zero-order valence-electron chi connectivity index (χ0n) is 18.7. The van der Waals surface area contributed by atoms with Crippen molar-refractivity contribution in [2.24, 2.45) is 0 Å². The summed E-state index contributed by atoms with van der Waals surface area (Å²) >= 11 is 0. The third-order valence-corrected chi connectivity index (χ3v) is 7.49. The van der Waals surface area contributed by atoms with Gasteiger partial charge in [0.1, 0.15) is 28.8 Å². The van der Waals surface area contributed by atoms with E-state index in [4.69, 9.17) is 14.2 Å². The second-order valence-corrected chi connectivity index (χ2v) is 9.47. The SMILES string of the molecule is COc1cccc(OCCNC(=O)c2ccc(OC)c(S(=O)(=O)N3CCCCC3C)c2)c1. The second kappa shape index (κ2) is 10.7. The first-order valence-corrected chi connectivity index (χ1v) is 12.1. The summed E-state index contributed by atoms with van der Waals surface area (Å²) in [6.07, 6.45) is 2.64. The fourth-order valence-corrected chi connectivity index (χ4v) is 5.58. The minimum atomic E-state index is -3.79. The monoisotopic (exact) mass is 462 g/mol. The van der Waals surface area contributed by atoms with E-state index in [1.165, 1.54) is 23.5 Å². The van der Waals surface area contributed by atoms with Crippen molar-refractivity contribution in [1.29, 1.82) is 0 Å². The number of amides is 1. The summed E-state index contributed by atoms with van der Waals surface area (Å²) < 4.78 is 44.2. The van der Waals surface area contributed by atoms with Gasteiger partial charge in [-0.1, -0.05) is 12.5 Å². The Morgan fingerprint density at radius 2 is 1.88 bits per heavy atom. The first kappa shape index (κ1) is 23.9. The van der Waals surface area contributed by atoms with Crippen LogP contribution >= 0.6 is 0 Å². The number of nitrogens with zero attached hydrogens (tertiary/aromatic N) is 1. The number of sulfonamides is 1. The Balaban J connectivity index is 1.68. The van der Waals surface area contributed by atoms with Crippen molar-refractivity contribution >= 4 is 15.9 Å². The van der Waals surface area contributed by atoms with Crippen LogP contribution in [0.25, 0.3) is 0 Å². The molecule has 0 saturated carbocycles. The van der Waals surface area contributed by atoms with Crippen LogP contribution in [0.2, 0.25) is 0 Å².